The minimum atomic E-state index is -1.39. The Morgan fingerprint density at radius 2 is 1.87 bits per heavy atom. The fraction of sp³-hybridized carbons (Fsp3) is 0.273. The Bertz CT molecular complexity index is 1110. The second-order valence-corrected chi connectivity index (χ2v) is 8.56. The third kappa shape index (κ3) is 3.34. The van der Waals surface area contributed by atoms with Gasteiger partial charge < -0.3 is 15.0 Å². The first-order valence-corrected chi connectivity index (χ1v) is 10.5. The zero-order valence-electron chi connectivity index (χ0n) is 17.6. The van der Waals surface area contributed by atoms with E-state index in [1.165, 1.54) is 18.9 Å². The molecule has 8 nitrogen and oxygen atoms in total. The van der Waals surface area contributed by atoms with Crippen LogP contribution in [0.1, 0.15) is 30.5 Å². The number of para-hydroxylation sites is 1. The number of rotatable bonds is 3. The summed E-state index contributed by atoms with van der Waals surface area (Å²) in [6.07, 6.45) is 0. The third-order valence-electron chi connectivity index (χ3n) is 5.22. The number of hydrogen-bond acceptors (Lipinski definition) is 6. The van der Waals surface area contributed by atoms with E-state index in [0.29, 0.717) is 12.1 Å². The molecule has 2 heterocycles. The van der Waals surface area contributed by atoms with Crippen LogP contribution >= 0.6 is 11.8 Å². The van der Waals surface area contributed by atoms with Crippen LogP contribution in [-0.2, 0) is 25.8 Å². The minimum absolute atomic E-state index is 0.217. The predicted octanol–water partition coefficient (Wildman–Crippen LogP) is 2.71. The van der Waals surface area contributed by atoms with Gasteiger partial charge in [0, 0.05) is 19.4 Å². The van der Waals surface area contributed by atoms with Crippen molar-refractivity contribution in [2.45, 2.75) is 32.2 Å². The number of hydrogen-bond donors (Lipinski definition) is 1. The van der Waals surface area contributed by atoms with Gasteiger partial charge in [-0.2, -0.15) is 5.01 Å². The van der Waals surface area contributed by atoms with Crippen molar-refractivity contribution < 1.29 is 19.1 Å². The maximum atomic E-state index is 13.9. The fourth-order valence-electron chi connectivity index (χ4n) is 3.92. The van der Waals surface area contributed by atoms with Crippen molar-refractivity contribution >= 4 is 40.3 Å². The number of hydrazone groups is 1. The summed E-state index contributed by atoms with van der Waals surface area (Å²) in [5, 5.41) is 8.29. The molecule has 0 saturated carbocycles. The number of aryl methyl sites for hydroxylation is 1. The molecule has 4 rings (SSSR count). The highest BCUT2D eigenvalue weighted by molar-refractivity contribution is 8.15. The van der Waals surface area contributed by atoms with E-state index in [9.17, 15) is 14.4 Å². The van der Waals surface area contributed by atoms with Gasteiger partial charge in [-0.15, -0.1) is 5.10 Å². The number of methoxy groups -OCH3 is 1. The van der Waals surface area contributed by atoms with E-state index < -0.39 is 4.87 Å². The molecule has 2 aliphatic heterocycles. The summed E-state index contributed by atoms with van der Waals surface area (Å²) < 4.78 is 5.22. The van der Waals surface area contributed by atoms with Crippen LogP contribution in [0.25, 0.3) is 0 Å². The minimum Gasteiger partial charge on any atom is -0.497 e. The zero-order valence-corrected chi connectivity index (χ0v) is 18.4. The van der Waals surface area contributed by atoms with Gasteiger partial charge in [-0.3, -0.25) is 14.4 Å². The van der Waals surface area contributed by atoms with Crippen LogP contribution in [-0.4, -0.2) is 35.0 Å². The predicted molar refractivity (Wildman–Crippen MR) is 118 cm³/mol. The van der Waals surface area contributed by atoms with Crippen LogP contribution in [0.2, 0.25) is 0 Å². The lowest BCUT2D eigenvalue weighted by Crippen LogP contribution is -2.48. The highest BCUT2D eigenvalue weighted by Crippen LogP contribution is 2.55. The van der Waals surface area contributed by atoms with E-state index >= 15 is 0 Å². The van der Waals surface area contributed by atoms with E-state index in [2.05, 4.69) is 10.4 Å². The number of thioether (sulfide) groups is 1. The van der Waals surface area contributed by atoms with Crippen molar-refractivity contribution in [3.63, 3.8) is 0 Å². The Kier molecular flexibility index (Phi) is 5.22. The quantitative estimate of drug-likeness (QED) is 0.796. The summed E-state index contributed by atoms with van der Waals surface area (Å²) in [5.74, 6) is -0.263. The Hall–Kier alpha value is -3.33. The van der Waals surface area contributed by atoms with Crippen molar-refractivity contribution in [1.82, 2.24) is 10.3 Å². The molecule has 31 heavy (non-hydrogen) atoms. The van der Waals surface area contributed by atoms with Gasteiger partial charge in [0.25, 0.3) is 5.91 Å². The largest absolute Gasteiger partial charge is 0.497 e. The first-order chi connectivity index (χ1) is 14.8. The molecular weight excluding hydrogens is 416 g/mol. The summed E-state index contributed by atoms with van der Waals surface area (Å²) in [4.78, 5) is 38.3. The SMILES string of the molecule is COc1ccc(CN2C(=O)C3(SC(NC(C)=O)=NN3C(C)=O)c3cccc(C)c32)cc1. The van der Waals surface area contributed by atoms with Crippen LogP contribution in [0.15, 0.2) is 47.6 Å². The van der Waals surface area contributed by atoms with Crippen molar-refractivity contribution in [3.05, 3.63) is 59.2 Å². The van der Waals surface area contributed by atoms with Gasteiger partial charge in [0.05, 0.1) is 19.3 Å². The molecule has 2 aromatic carbocycles. The first-order valence-electron chi connectivity index (χ1n) is 9.69. The molecule has 160 valence electrons. The third-order valence-corrected chi connectivity index (χ3v) is 6.46. The maximum Gasteiger partial charge on any atom is 0.271 e. The number of amides is 3. The van der Waals surface area contributed by atoms with Gasteiger partial charge in [-0.1, -0.05) is 30.3 Å². The fourth-order valence-corrected chi connectivity index (χ4v) is 5.24. The van der Waals surface area contributed by atoms with E-state index in [0.717, 1.165) is 34.3 Å². The van der Waals surface area contributed by atoms with Crippen LogP contribution in [0, 0.1) is 6.92 Å². The molecule has 1 N–H and O–H groups in total. The summed E-state index contributed by atoms with van der Waals surface area (Å²) in [6.45, 7) is 4.97. The number of nitrogens with one attached hydrogen (secondary N) is 1. The average molecular weight is 439 g/mol. The van der Waals surface area contributed by atoms with Crippen molar-refractivity contribution in [3.8, 4) is 5.75 Å². The number of nitrogens with zero attached hydrogens (tertiary/aromatic N) is 3. The molecule has 2 aliphatic rings. The molecule has 0 aromatic heterocycles. The molecular formula is C22H22N4O4S. The number of ether oxygens (including phenoxy) is 1. The van der Waals surface area contributed by atoms with Gasteiger partial charge in [0.15, 0.2) is 5.17 Å². The summed E-state index contributed by atoms with van der Waals surface area (Å²) in [6, 6.07) is 13.1. The number of benzene rings is 2. The lowest BCUT2D eigenvalue weighted by Gasteiger charge is -2.29. The molecule has 1 unspecified atom stereocenters. The monoisotopic (exact) mass is 438 g/mol. The lowest BCUT2D eigenvalue weighted by molar-refractivity contribution is -0.139. The van der Waals surface area contributed by atoms with E-state index in [1.807, 2.05) is 49.4 Å². The van der Waals surface area contributed by atoms with E-state index in [4.69, 9.17) is 4.74 Å². The van der Waals surface area contributed by atoms with Gasteiger partial charge in [-0.25, -0.2) is 0 Å². The molecule has 2 aromatic rings. The van der Waals surface area contributed by atoms with E-state index in [-0.39, 0.29) is 22.9 Å². The topological polar surface area (TPSA) is 91.3 Å². The van der Waals surface area contributed by atoms with Gasteiger partial charge in [0.1, 0.15) is 5.75 Å². The Labute approximate surface area is 184 Å². The van der Waals surface area contributed by atoms with Gasteiger partial charge in [0.2, 0.25) is 16.7 Å². The number of fused-ring (bicyclic) bond motifs is 2. The molecule has 0 saturated heterocycles. The Balaban J connectivity index is 1.80. The Morgan fingerprint density at radius 1 is 1.16 bits per heavy atom. The van der Waals surface area contributed by atoms with Crippen LogP contribution in [0.3, 0.4) is 0 Å². The second kappa shape index (κ2) is 7.73. The highest BCUT2D eigenvalue weighted by atomic mass is 32.2. The van der Waals surface area contributed by atoms with Crippen molar-refractivity contribution in [2.75, 3.05) is 12.0 Å². The first kappa shape index (κ1) is 20.9. The average Bonchev–Trinajstić information content (AvgIpc) is 3.21. The summed E-state index contributed by atoms with van der Waals surface area (Å²) in [5.41, 5.74) is 3.26. The normalized spacial score (nSPS) is 19.5. The summed E-state index contributed by atoms with van der Waals surface area (Å²) >= 11 is 1.08. The maximum absolute atomic E-state index is 13.9. The smallest absolute Gasteiger partial charge is 0.271 e. The van der Waals surface area contributed by atoms with Crippen molar-refractivity contribution in [1.29, 1.82) is 0 Å². The van der Waals surface area contributed by atoms with Crippen LogP contribution in [0.5, 0.6) is 5.75 Å². The van der Waals surface area contributed by atoms with Gasteiger partial charge in [-0.05, 0) is 41.9 Å². The Morgan fingerprint density at radius 3 is 2.48 bits per heavy atom. The number of carbonyl (C=O) groups is 3. The molecule has 0 aliphatic carbocycles. The summed E-state index contributed by atoms with van der Waals surface area (Å²) in [7, 11) is 1.60. The molecule has 0 radical (unpaired) electrons. The second-order valence-electron chi connectivity index (χ2n) is 7.37. The molecule has 0 fully saturated rings. The van der Waals surface area contributed by atoms with Crippen molar-refractivity contribution in [2.24, 2.45) is 5.10 Å². The lowest BCUT2D eigenvalue weighted by atomic mass is 10.0. The standard InChI is InChI=1S/C22H22N4O4S/c1-13-6-5-7-18-19(13)25(12-16-8-10-17(30-4)11-9-16)20(29)22(18)26(15(3)28)24-21(31-22)23-14(2)27/h5-11H,12H2,1-4H3,(H,23,24,27). The zero-order chi connectivity index (χ0) is 22.3. The number of anilines is 1. The van der Waals surface area contributed by atoms with Crippen LogP contribution < -0.4 is 15.0 Å². The number of carbonyl (C=O) groups excluding carboxylic acids is 3. The number of amidine groups is 1. The van der Waals surface area contributed by atoms with Crippen LogP contribution in [0.4, 0.5) is 5.69 Å². The molecule has 9 heteroatoms. The van der Waals surface area contributed by atoms with Gasteiger partial charge >= 0.3 is 0 Å². The molecule has 3 amide bonds. The highest BCUT2D eigenvalue weighted by Gasteiger charge is 2.61. The molecule has 1 atom stereocenters. The molecule has 1 spiro atoms. The van der Waals surface area contributed by atoms with E-state index in [1.54, 1.807) is 12.0 Å². The molecule has 0 bridgehead atoms.